The van der Waals surface area contributed by atoms with Crippen molar-refractivity contribution in [2.45, 2.75) is 37.7 Å². The summed E-state index contributed by atoms with van der Waals surface area (Å²) in [7, 11) is 0. The van der Waals surface area contributed by atoms with Crippen molar-refractivity contribution in [1.29, 1.82) is 0 Å². The van der Waals surface area contributed by atoms with Gasteiger partial charge in [-0.25, -0.2) is 14.8 Å². The summed E-state index contributed by atoms with van der Waals surface area (Å²) in [5.41, 5.74) is -1.60. The average molecular weight is 435 g/mol. The quantitative estimate of drug-likeness (QED) is 0.351. The Morgan fingerprint density at radius 3 is 2.39 bits per heavy atom. The molecule has 1 aromatic heterocycles. The predicted octanol–water partition coefficient (Wildman–Crippen LogP) is 5.96. The van der Waals surface area contributed by atoms with Crippen molar-refractivity contribution >= 4 is 46.6 Å². The van der Waals surface area contributed by atoms with E-state index in [1.165, 1.54) is 17.8 Å². The minimum atomic E-state index is -4.56. The SMILES string of the molecule is CSc1nc(Cl)cc(Nc2cc(C(F)(F)F)ccc2NC(=O)OC(C)(C)C)n1. The molecule has 11 heteroatoms. The van der Waals surface area contributed by atoms with Crippen LogP contribution in [0.4, 0.5) is 35.2 Å². The molecule has 0 aliphatic carbocycles. The van der Waals surface area contributed by atoms with E-state index >= 15 is 0 Å². The zero-order chi connectivity index (χ0) is 21.1. The molecule has 0 spiro atoms. The Hall–Kier alpha value is -2.20. The van der Waals surface area contributed by atoms with Crippen LogP contribution in [-0.2, 0) is 10.9 Å². The summed E-state index contributed by atoms with van der Waals surface area (Å²) in [6.07, 6.45) is -3.63. The fourth-order valence-corrected chi connectivity index (χ4v) is 2.65. The normalized spacial score (nSPS) is 11.9. The summed E-state index contributed by atoms with van der Waals surface area (Å²) in [4.78, 5) is 20.2. The van der Waals surface area contributed by atoms with E-state index in [1.54, 1.807) is 27.0 Å². The fraction of sp³-hybridized carbons (Fsp3) is 0.353. The molecule has 0 unspecified atom stereocenters. The van der Waals surface area contributed by atoms with Gasteiger partial charge in [-0.3, -0.25) is 5.32 Å². The molecule has 28 heavy (non-hydrogen) atoms. The van der Waals surface area contributed by atoms with Crippen LogP contribution in [0.2, 0.25) is 5.15 Å². The minimum absolute atomic E-state index is 0.0255. The third-order valence-corrected chi connectivity index (χ3v) is 3.84. The molecule has 0 fully saturated rings. The van der Waals surface area contributed by atoms with E-state index in [0.717, 1.165) is 18.2 Å². The highest BCUT2D eigenvalue weighted by molar-refractivity contribution is 7.98. The van der Waals surface area contributed by atoms with Crippen molar-refractivity contribution in [3.63, 3.8) is 0 Å². The number of rotatable bonds is 4. The van der Waals surface area contributed by atoms with Crippen LogP contribution in [0.3, 0.4) is 0 Å². The molecule has 6 nitrogen and oxygen atoms in total. The smallest absolute Gasteiger partial charge is 0.416 e. The molecule has 0 saturated heterocycles. The summed E-state index contributed by atoms with van der Waals surface area (Å²) in [6.45, 7) is 5.02. The highest BCUT2D eigenvalue weighted by Gasteiger charge is 2.31. The van der Waals surface area contributed by atoms with Gasteiger partial charge in [0.2, 0.25) is 0 Å². The molecular formula is C17H18ClF3N4O2S. The third-order valence-electron chi connectivity index (χ3n) is 3.10. The van der Waals surface area contributed by atoms with Crippen molar-refractivity contribution in [3.05, 3.63) is 35.0 Å². The predicted molar refractivity (Wildman–Crippen MR) is 103 cm³/mol. The number of amides is 1. The van der Waals surface area contributed by atoms with Crippen LogP contribution >= 0.6 is 23.4 Å². The Kier molecular flexibility index (Phi) is 6.66. The van der Waals surface area contributed by atoms with Crippen LogP contribution in [0.1, 0.15) is 26.3 Å². The maximum Gasteiger partial charge on any atom is 0.416 e. The van der Waals surface area contributed by atoms with Crippen molar-refractivity contribution in [1.82, 2.24) is 9.97 Å². The molecule has 0 aliphatic rings. The van der Waals surface area contributed by atoms with E-state index in [0.29, 0.717) is 5.16 Å². The lowest BCUT2D eigenvalue weighted by atomic mass is 10.1. The number of benzene rings is 1. The highest BCUT2D eigenvalue weighted by Crippen LogP contribution is 2.35. The molecular weight excluding hydrogens is 417 g/mol. The lowest BCUT2D eigenvalue weighted by Gasteiger charge is -2.21. The van der Waals surface area contributed by atoms with Crippen LogP contribution in [0.15, 0.2) is 29.4 Å². The number of anilines is 3. The van der Waals surface area contributed by atoms with Crippen molar-refractivity contribution in [2.75, 3.05) is 16.9 Å². The summed E-state index contributed by atoms with van der Waals surface area (Å²) >= 11 is 7.14. The number of ether oxygens (including phenoxy) is 1. The maximum atomic E-state index is 13.1. The second kappa shape index (κ2) is 8.44. The third kappa shape index (κ3) is 6.45. The van der Waals surface area contributed by atoms with Gasteiger partial charge >= 0.3 is 12.3 Å². The number of halogens is 4. The first-order chi connectivity index (χ1) is 12.9. The standard InChI is InChI=1S/C17H18ClF3N4O2S/c1-16(2,3)27-15(26)23-10-6-5-9(17(19,20)21)7-11(10)22-13-8-12(18)24-14(25-13)28-4/h5-8H,1-4H3,(H,23,26)(H,22,24,25). The molecule has 1 heterocycles. The van der Waals surface area contributed by atoms with Gasteiger partial charge in [0.1, 0.15) is 16.6 Å². The number of carbonyl (C=O) groups is 1. The Morgan fingerprint density at radius 1 is 1.14 bits per heavy atom. The van der Waals surface area contributed by atoms with Gasteiger partial charge in [0.15, 0.2) is 5.16 Å². The molecule has 152 valence electrons. The van der Waals surface area contributed by atoms with Gasteiger partial charge in [0, 0.05) is 6.07 Å². The molecule has 0 radical (unpaired) electrons. The number of nitrogens with one attached hydrogen (secondary N) is 2. The number of thioether (sulfide) groups is 1. The summed E-state index contributed by atoms with van der Waals surface area (Å²) in [6, 6.07) is 4.21. The van der Waals surface area contributed by atoms with Gasteiger partial charge < -0.3 is 10.1 Å². The van der Waals surface area contributed by atoms with Gasteiger partial charge in [-0.05, 0) is 45.2 Å². The number of hydrogen-bond acceptors (Lipinski definition) is 6. The number of hydrogen-bond donors (Lipinski definition) is 2. The summed E-state index contributed by atoms with van der Waals surface area (Å²) in [5.74, 6) is 0.177. The number of aromatic nitrogens is 2. The highest BCUT2D eigenvalue weighted by atomic mass is 35.5. The monoisotopic (exact) mass is 434 g/mol. The molecule has 0 bridgehead atoms. The van der Waals surface area contributed by atoms with E-state index in [-0.39, 0.29) is 22.3 Å². The Morgan fingerprint density at radius 2 is 1.82 bits per heavy atom. The van der Waals surface area contributed by atoms with E-state index in [2.05, 4.69) is 20.6 Å². The Bertz CT molecular complexity index is 872. The van der Waals surface area contributed by atoms with Crippen molar-refractivity contribution in [3.8, 4) is 0 Å². The molecule has 1 aromatic carbocycles. The zero-order valence-electron chi connectivity index (χ0n) is 15.4. The number of alkyl halides is 3. The summed E-state index contributed by atoms with van der Waals surface area (Å²) in [5, 5.41) is 5.64. The second-order valence-electron chi connectivity index (χ2n) is 6.57. The second-order valence-corrected chi connectivity index (χ2v) is 7.73. The van der Waals surface area contributed by atoms with E-state index < -0.39 is 23.4 Å². The summed E-state index contributed by atoms with van der Waals surface area (Å²) < 4.78 is 44.5. The zero-order valence-corrected chi connectivity index (χ0v) is 17.0. The number of carbonyl (C=O) groups excluding carboxylic acids is 1. The van der Waals surface area contributed by atoms with Crippen LogP contribution in [0.5, 0.6) is 0 Å². The molecule has 2 aromatic rings. The van der Waals surface area contributed by atoms with Crippen molar-refractivity contribution in [2.24, 2.45) is 0 Å². The molecule has 0 atom stereocenters. The molecule has 0 saturated carbocycles. The minimum Gasteiger partial charge on any atom is -0.444 e. The van der Waals surface area contributed by atoms with Gasteiger partial charge in [0.05, 0.1) is 16.9 Å². The van der Waals surface area contributed by atoms with Crippen molar-refractivity contribution < 1.29 is 22.7 Å². The topological polar surface area (TPSA) is 76.1 Å². The maximum absolute atomic E-state index is 13.1. The van der Waals surface area contributed by atoms with Gasteiger partial charge in [-0.15, -0.1) is 0 Å². The van der Waals surface area contributed by atoms with Crippen LogP contribution in [0, 0.1) is 0 Å². The van der Waals surface area contributed by atoms with E-state index in [1.807, 2.05) is 0 Å². The fourth-order valence-electron chi connectivity index (χ4n) is 2.04. The van der Waals surface area contributed by atoms with Crippen LogP contribution in [0.25, 0.3) is 0 Å². The Labute approximate surface area is 169 Å². The van der Waals surface area contributed by atoms with E-state index in [4.69, 9.17) is 16.3 Å². The van der Waals surface area contributed by atoms with Crippen LogP contribution in [-0.4, -0.2) is 27.9 Å². The van der Waals surface area contributed by atoms with E-state index in [9.17, 15) is 18.0 Å². The average Bonchev–Trinajstić information content (AvgIpc) is 2.53. The number of nitrogens with zero attached hydrogens (tertiary/aromatic N) is 2. The van der Waals surface area contributed by atoms with Gasteiger partial charge in [-0.2, -0.15) is 13.2 Å². The Balaban J connectivity index is 2.40. The largest absolute Gasteiger partial charge is 0.444 e. The molecule has 0 aliphatic heterocycles. The molecule has 1 amide bonds. The first-order valence-corrected chi connectivity index (χ1v) is 9.54. The lowest BCUT2D eigenvalue weighted by molar-refractivity contribution is -0.137. The first kappa shape index (κ1) is 22.1. The lowest BCUT2D eigenvalue weighted by Crippen LogP contribution is -2.27. The molecule has 2 N–H and O–H groups in total. The first-order valence-electron chi connectivity index (χ1n) is 7.94. The van der Waals surface area contributed by atoms with Gasteiger partial charge in [0.25, 0.3) is 0 Å². The van der Waals surface area contributed by atoms with Crippen LogP contribution < -0.4 is 10.6 Å². The molecule has 2 rings (SSSR count). The van der Waals surface area contributed by atoms with Gasteiger partial charge in [-0.1, -0.05) is 23.4 Å².